The van der Waals surface area contributed by atoms with E-state index in [9.17, 15) is 0 Å². The molecule has 0 amide bonds. The third kappa shape index (κ3) is 3.30. The fourth-order valence-electron chi connectivity index (χ4n) is 5.35. The van der Waals surface area contributed by atoms with E-state index in [2.05, 4.69) is 51.2 Å². The zero-order valence-electron chi connectivity index (χ0n) is 20.6. The molecule has 0 atom stereocenters. The van der Waals surface area contributed by atoms with Crippen LogP contribution in [0.5, 0.6) is 11.5 Å². The number of para-hydroxylation sites is 4. The second kappa shape index (κ2) is 8.24. The van der Waals surface area contributed by atoms with Gasteiger partial charge in [0.25, 0.3) is 0 Å². The molecule has 0 saturated carbocycles. The second-order valence-corrected chi connectivity index (χ2v) is 11.6. The predicted molar refractivity (Wildman–Crippen MR) is 159 cm³/mol. The molecule has 0 aliphatic carbocycles. The van der Waals surface area contributed by atoms with Gasteiger partial charge in [0.1, 0.15) is 16.7 Å². The standard InChI is InChI=1S/C32H16BrN3O3S/c33-19-10-12-22-26(16-19)37-27-13-18(32-35-21-6-2-4-8-25(21)39-32)15-29-30(27)36(22)23-11-9-17(14-28(23)40-29)31-34-20-5-1-3-7-24(20)38-31/h1-16H. The van der Waals surface area contributed by atoms with Crippen molar-refractivity contribution in [3.63, 3.8) is 0 Å². The number of oxazole rings is 2. The van der Waals surface area contributed by atoms with Gasteiger partial charge in [-0.15, -0.1) is 0 Å². The van der Waals surface area contributed by atoms with Gasteiger partial charge in [-0.3, -0.25) is 0 Å². The lowest BCUT2D eigenvalue weighted by atomic mass is 10.1. The molecular weight excluding hydrogens is 586 g/mol. The highest BCUT2D eigenvalue weighted by atomic mass is 79.9. The normalized spacial score (nSPS) is 13.2. The number of ether oxygens (including phenoxy) is 1. The van der Waals surface area contributed by atoms with Crippen LogP contribution in [-0.4, -0.2) is 9.97 Å². The summed E-state index contributed by atoms with van der Waals surface area (Å²) in [7, 11) is 0. The van der Waals surface area contributed by atoms with Crippen molar-refractivity contribution in [2.24, 2.45) is 0 Å². The van der Waals surface area contributed by atoms with Crippen LogP contribution in [0, 0.1) is 0 Å². The summed E-state index contributed by atoms with van der Waals surface area (Å²) in [4.78, 5) is 13.9. The summed E-state index contributed by atoms with van der Waals surface area (Å²) in [6.45, 7) is 0. The van der Waals surface area contributed by atoms with E-state index in [0.717, 1.165) is 76.2 Å². The molecule has 7 aromatic rings. The molecule has 6 nitrogen and oxygen atoms in total. The van der Waals surface area contributed by atoms with Gasteiger partial charge in [-0.1, -0.05) is 52.0 Å². The average molecular weight is 602 g/mol. The first kappa shape index (κ1) is 22.3. The summed E-state index contributed by atoms with van der Waals surface area (Å²) in [5.74, 6) is 2.68. The minimum Gasteiger partial charge on any atom is -0.453 e. The summed E-state index contributed by atoms with van der Waals surface area (Å²) in [5, 5.41) is 0. The van der Waals surface area contributed by atoms with Crippen molar-refractivity contribution in [1.82, 2.24) is 9.97 Å². The number of anilines is 3. The monoisotopic (exact) mass is 601 g/mol. The fourth-order valence-corrected chi connectivity index (χ4v) is 6.85. The maximum Gasteiger partial charge on any atom is 0.227 e. The van der Waals surface area contributed by atoms with Gasteiger partial charge >= 0.3 is 0 Å². The van der Waals surface area contributed by atoms with Crippen LogP contribution in [0.4, 0.5) is 17.1 Å². The zero-order chi connectivity index (χ0) is 26.4. The Morgan fingerprint density at radius 1 is 0.625 bits per heavy atom. The summed E-state index contributed by atoms with van der Waals surface area (Å²) < 4.78 is 19.7. The number of hydrogen-bond acceptors (Lipinski definition) is 7. The molecule has 8 heteroatoms. The maximum atomic E-state index is 6.50. The minimum atomic E-state index is 0.557. The van der Waals surface area contributed by atoms with Crippen LogP contribution in [0.25, 0.3) is 45.1 Å². The van der Waals surface area contributed by atoms with E-state index >= 15 is 0 Å². The van der Waals surface area contributed by atoms with E-state index in [-0.39, 0.29) is 0 Å². The van der Waals surface area contributed by atoms with Crippen LogP contribution >= 0.6 is 27.7 Å². The first-order valence-electron chi connectivity index (χ1n) is 12.7. The summed E-state index contributed by atoms with van der Waals surface area (Å²) >= 11 is 5.30. The Kier molecular flexibility index (Phi) is 4.59. The first-order chi connectivity index (χ1) is 19.7. The maximum absolute atomic E-state index is 6.50. The van der Waals surface area contributed by atoms with Crippen LogP contribution in [0.15, 0.2) is 120 Å². The Bertz CT molecular complexity index is 2100. The molecule has 2 aliphatic heterocycles. The molecule has 9 rings (SSSR count). The van der Waals surface area contributed by atoms with Crippen molar-refractivity contribution >= 4 is 67.0 Å². The molecular formula is C32H16BrN3O3S. The molecule has 0 fully saturated rings. The van der Waals surface area contributed by atoms with Crippen LogP contribution in [0.2, 0.25) is 0 Å². The Hall–Kier alpha value is -4.53. The number of aromatic nitrogens is 2. The molecule has 4 heterocycles. The Balaban J connectivity index is 1.24. The molecule has 0 unspecified atom stereocenters. The third-order valence-corrected chi connectivity index (χ3v) is 8.72. The number of benzene rings is 5. The highest BCUT2D eigenvalue weighted by Gasteiger charge is 2.35. The lowest BCUT2D eigenvalue weighted by Gasteiger charge is -2.38. The van der Waals surface area contributed by atoms with Crippen LogP contribution in [0.1, 0.15) is 0 Å². The molecule has 2 aliphatic rings. The van der Waals surface area contributed by atoms with Crippen molar-refractivity contribution in [3.8, 4) is 34.4 Å². The summed E-state index contributed by atoms with van der Waals surface area (Å²) in [5.41, 5.74) is 8.01. The largest absolute Gasteiger partial charge is 0.453 e. The first-order valence-corrected chi connectivity index (χ1v) is 14.3. The smallest absolute Gasteiger partial charge is 0.227 e. The van der Waals surface area contributed by atoms with Crippen LogP contribution in [0.3, 0.4) is 0 Å². The van der Waals surface area contributed by atoms with E-state index in [0.29, 0.717) is 11.8 Å². The summed E-state index contributed by atoms with van der Waals surface area (Å²) in [6, 6.07) is 32.2. The van der Waals surface area contributed by atoms with Crippen LogP contribution in [-0.2, 0) is 0 Å². The topological polar surface area (TPSA) is 64.5 Å². The highest BCUT2D eigenvalue weighted by Crippen LogP contribution is 2.61. The number of rotatable bonds is 2. The van der Waals surface area contributed by atoms with E-state index in [4.69, 9.17) is 23.5 Å². The van der Waals surface area contributed by atoms with Gasteiger partial charge in [0.2, 0.25) is 11.8 Å². The van der Waals surface area contributed by atoms with Gasteiger partial charge in [-0.05, 0) is 72.8 Å². The molecule has 0 spiro atoms. The predicted octanol–water partition coefficient (Wildman–Crippen LogP) is 10.1. The van der Waals surface area contributed by atoms with Gasteiger partial charge in [0.05, 0.1) is 11.4 Å². The number of fused-ring (bicyclic) bond motifs is 6. The van der Waals surface area contributed by atoms with E-state index in [1.54, 1.807) is 11.8 Å². The van der Waals surface area contributed by atoms with Gasteiger partial charge in [-0.2, -0.15) is 0 Å². The van der Waals surface area contributed by atoms with E-state index in [1.165, 1.54) is 0 Å². The molecule has 5 aromatic carbocycles. The average Bonchev–Trinajstić information content (AvgIpc) is 3.61. The Labute approximate surface area is 240 Å². The SMILES string of the molecule is Brc1ccc2c(c1)Oc1cc(-c3nc4ccccc4o3)cc3c1N2c1ccc(-c2nc4ccccc4o2)cc1S3. The number of hydrogen-bond donors (Lipinski definition) is 0. The van der Waals surface area contributed by atoms with Crippen molar-refractivity contribution < 1.29 is 13.6 Å². The third-order valence-electron chi connectivity index (χ3n) is 7.15. The minimum absolute atomic E-state index is 0.557. The zero-order valence-corrected chi connectivity index (χ0v) is 23.0. The van der Waals surface area contributed by atoms with Crippen molar-refractivity contribution in [1.29, 1.82) is 0 Å². The van der Waals surface area contributed by atoms with E-state index < -0.39 is 0 Å². The lowest BCUT2D eigenvalue weighted by Crippen LogP contribution is -2.19. The van der Waals surface area contributed by atoms with Crippen molar-refractivity contribution in [2.75, 3.05) is 4.90 Å². The second-order valence-electron chi connectivity index (χ2n) is 9.63. The quantitative estimate of drug-likeness (QED) is 0.195. The van der Waals surface area contributed by atoms with E-state index in [1.807, 2.05) is 66.7 Å². The van der Waals surface area contributed by atoms with Gasteiger partial charge in [0, 0.05) is 25.4 Å². The molecule has 190 valence electrons. The van der Waals surface area contributed by atoms with Crippen molar-refractivity contribution in [3.05, 3.63) is 102 Å². The number of halogens is 1. The highest BCUT2D eigenvalue weighted by molar-refractivity contribution is 9.10. The molecule has 0 bridgehead atoms. The number of nitrogens with zero attached hydrogens (tertiary/aromatic N) is 3. The van der Waals surface area contributed by atoms with Crippen molar-refractivity contribution in [2.45, 2.75) is 9.79 Å². The lowest BCUT2D eigenvalue weighted by molar-refractivity contribution is 0.474. The molecule has 0 saturated heterocycles. The summed E-state index contributed by atoms with van der Waals surface area (Å²) in [6.07, 6.45) is 0. The molecule has 40 heavy (non-hydrogen) atoms. The van der Waals surface area contributed by atoms with Gasteiger partial charge < -0.3 is 18.5 Å². The Morgan fingerprint density at radius 2 is 1.30 bits per heavy atom. The molecule has 2 aromatic heterocycles. The molecule has 0 N–H and O–H groups in total. The Morgan fingerprint density at radius 3 is 2.05 bits per heavy atom. The molecule has 0 radical (unpaired) electrons. The van der Waals surface area contributed by atoms with Gasteiger partial charge in [0.15, 0.2) is 22.7 Å². The van der Waals surface area contributed by atoms with Crippen LogP contribution < -0.4 is 9.64 Å². The fraction of sp³-hybridized carbons (Fsp3) is 0. The van der Waals surface area contributed by atoms with Gasteiger partial charge in [-0.25, -0.2) is 9.97 Å².